The summed E-state index contributed by atoms with van der Waals surface area (Å²) in [6.45, 7) is 0.856. The van der Waals surface area contributed by atoms with E-state index in [9.17, 15) is 14.7 Å². The van der Waals surface area contributed by atoms with Crippen LogP contribution in [0.25, 0.3) is 0 Å². The van der Waals surface area contributed by atoms with Crippen LogP contribution in [0.5, 0.6) is 0 Å². The van der Waals surface area contributed by atoms with Crippen molar-refractivity contribution >= 4 is 103 Å². The molecular weight excluding hydrogens is 852 g/mol. The Morgan fingerprint density at radius 3 is 1.90 bits per heavy atom. The molecule has 0 aliphatic carbocycles. The molecule has 30 heavy (non-hydrogen) atoms. The average molecular weight is 876 g/mol. The zero-order chi connectivity index (χ0) is 23.5. The molecule has 1 aliphatic heterocycles. The van der Waals surface area contributed by atoms with Crippen LogP contribution in [-0.4, -0.2) is 79.9 Å². The lowest BCUT2D eigenvalue weighted by Gasteiger charge is -2.32. The van der Waals surface area contributed by atoms with Crippen molar-refractivity contribution in [3.63, 3.8) is 0 Å². The molecule has 1 fully saturated rings. The first-order valence-electron chi connectivity index (χ1n) is 8.19. The summed E-state index contributed by atoms with van der Waals surface area (Å²) in [5.41, 5.74) is -0.342. The van der Waals surface area contributed by atoms with E-state index in [0.29, 0.717) is 22.1 Å². The molecule has 0 saturated carbocycles. The van der Waals surface area contributed by atoms with Crippen LogP contribution in [-0.2, 0) is 18.9 Å². The first kappa shape index (κ1) is 32.7. The molecule has 0 aromatic heterocycles. The minimum atomic E-state index is -0.791. The standard InChI is InChI=1S/C9H12I2O4.C6H8I2O3.C3H4O/c1-2-3-14-8(13)15-7-9(4-10,5-11)6-12;7-1-6(2-8)3-10-5(9)11-4-6;1-2-3-4/h1,12H,3-7H2;1-4H2;1,4H,3H2. The fraction of sp³-hybridized carbons (Fsp3) is 0.667. The Bertz CT molecular complexity index is 545. The van der Waals surface area contributed by atoms with Crippen molar-refractivity contribution in [1.29, 1.82) is 0 Å². The highest BCUT2D eigenvalue weighted by Crippen LogP contribution is 2.28. The number of hydrogen-bond acceptors (Lipinski definition) is 8. The molecule has 0 amide bonds. The third-order valence-electron chi connectivity index (χ3n) is 3.32. The van der Waals surface area contributed by atoms with Crippen LogP contribution in [0.2, 0.25) is 0 Å². The van der Waals surface area contributed by atoms with Gasteiger partial charge in [-0.1, -0.05) is 102 Å². The molecule has 8 nitrogen and oxygen atoms in total. The van der Waals surface area contributed by atoms with Crippen molar-refractivity contribution in [2.24, 2.45) is 10.8 Å². The van der Waals surface area contributed by atoms with Gasteiger partial charge in [0.05, 0.1) is 12.0 Å². The SMILES string of the molecule is C#CCO.C#CCOC(=O)OCC(CO)(CI)CI.O=C1OCC(CI)(CI)CO1. The number of cyclic esters (lactones) is 2. The van der Waals surface area contributed by atoms with Crippen molar-refractivity contribution in [1.82, 2.24) is 0 Å². The highest BCUT2D eigenvalue weighted by Gasteiger charge is 2.35. The maximum atomic E-state index is 11.0. The Morgan fingerprint density at radius 2 is 1.57 bits per heavy atom. The van der Waals surface area contributed by atoms with E-state index in [1.807, 2.05) is 5.92 Å². The fourth-order valence-electron chi connectivity index (χ4n) is 1.29. The zero-order valence-electron chi connectivity index (χ0n) is 16.1. The van der Waals surface area contributed by atoms with Gasteiger partial charge < -0.3 is 29.2 Å². The molecule has 1 saturated heterocycles. The molecule has 172 valence electrons. The largest absolute Gasteiger partial charge is 0.509 e. The first-order valence-corrected chi connectivity index (χ1v) is 14.3. The topological polar surface area (TPSA) is 112 Å². The van der Waals surface area contributed by atoms with Crippen molar-refractivity contribution < 1.29 is 38.7 Å². The number of halogens is 4. The molecule has 0 unspecified atom stereocenters. The molecule has 0 atom stereocenters. The molecule has 2 N–H and O–H groups in total. The van der Waals surface area contributed by atoms with Gasteiger partial charge in [0.25, 0.3) is 0 Å². The van der Waals surface area contributed by atoms with Crippen molar-refractivity contribution in [2.45, 2.75) is 0 Å². The summed E-state index contributed by atoms with van der Waals surface area (Å²) < 4.78 is 22.3. The molecule has 0 bridgehead atoms. The molecule has 0 spiro atoms. The summed E-state index contributed by atoms with van der Waals surface area (Å²) in [5.74, 6) is 4.15. The van der Waals surface area contributed by atoms with Gasteiger partial charge in [0.1, 0.15) is 26.4 Å². The summed E-state index contributed by atoms with van der Waals surface area (Å²) >= 11 is 8.88. The lowest BCUT2D eigenvalue weighted by Crippen LogP contribution is -2.41. The van der Waals surface area contributed by atoms with E-state index in [-0.39, 0.29) is 31.8 Å². The number of aliphatic hydroxyl groups excluding tert-OH is 2. The molecule has 1 heterocycles. The minimum absolute atomic E-state index is 0.0265. The van der Waals surface area contributed by atoms with E-state index in [0.717, 1.165) is 8.86 Å². The summed E-state index contributed by atoms with van der Waals surface area (Å²) in [7, 11) is 0. The summed E-state index contributed by atoms with van der Waals surface area (Å²) in [5, 5.41) is 16.8. The monoisotopic (exact) mass is 876 g/mol. The van der Waals surface area contributed by atoms with Crippen LogP contribution in [0.3, 0.4) is 0 Å². The Balaban J connectivity index is 0. The highest BCUT2D eigenvalue weighted by atomic mass is 127. The molecular formula is C18H24I4O8. The lowest BCUT2D eigenvalue weighted by atomic mass is 9.96. The number of hydrogen-bond donors (Lipinski definition) is 2. The second-order valence-electron chi connectivity index (χ2n) is 5.91. The van der Waals surface area contributed by atoms with Gasteiger partial charge in [-0.05, 0) is 0 Å². The molecule has 0 aromatic rings. The van der Waals surface area contributed by atoms with E-state index in [4.69, 9.17) is 25.7 Å². The number of carbonyl (C=O) groups excluding carboxylic acids is 2. The van der Waals surface area contributed by atoms with Gasteiger partial charge in [0.15, 0.2) is 6.61 Å². The number of ether oxygens (including phenoxy) is 4. The van der Waals surface area contributed by atoms with Crippen molar-refractivity contribution in [3.05, 3.63) is 0 Å². The fourth-order valence-corrected chi connectivity index (χ4v) is 6.24. The molecule has 12 heteroatoms. The third-order valence-corrected chi connectivity index (χ3v) is 9.80. The van der Waals surface area contributed by atoms with Gasteiger partial charge in [-0.25, -0.2) is 9.59 Å². The highest BCUT2D eigenvalue weighted by molar-refractivity contribution is 14.1. The minimum Gasteiger partial charge on any atom is -0.434 e. The zero-order valence-corrected chi connectivity index (χ0v) is 24.7. The second kappa shape index (κ2) is 20.1. The van der Waals surface area contributed by atoms with Crippen LogP contribution in [0.4, 0.5) is 9.59 Å². The van der Waals surface area contributed by atoms with E-state index >= 15 is 0 Å². The van der Waals surface area contributed by atoms with E-state index in [1.165, 1.54) is 0 Å². The van der Waals surface area contributed by atoms with Crippen LogP contribution in [0.15, 0.2) is 0 Å². The predicted octanol–water partition coefficient (Wildman–Crippen LogP) is 3.24. The van der Waals surface area contributed by atoms with E-state index in [1.54, 1.807) is 0 Å². The number of alkyl halides is 4. The summed E-state index contributed by atoms with van der Waals surface area (Å²) in [6.07, 6.45) is 8.12. The van der Waals surface area contributed by atoms with Crippen molar-refractivity contribution in [2.75, 3.05) is 57.4 Å². The Morgan fingerprint density at radius 1 is 1.07 bits per heavy atom. The Labute approximate surface area is 231 Å². The number of aliphatic hydroxyl groups is 2. The van der Waals surface area contributed by atoms with Gasteiger partial charge in [-0.3, -0.25) is 0 Å². The van der Waals surface area contributed by atoms with Crippen LogP contribution < -0.4 is 0 Å². The Kier molecular flexibility index (Phi) is 21.9. The summed E-state index contributed by atoms with van der Waals surface area (Å²) in [4.78, 5) is 21.5. The normalized spacial score (nSPS) is 14.1. The molecule has 0 radical (unpaired) electrons. The Hall–Kier alpha value is 0.500. The third kappa shape index (κ3) is 14.5. The number of carbonyl (C=O) groups is 2. The van der Waals surface area contributed by atoms with Gasteiger partial charge in [0, 0.05) is 23.1 Å². The quantitative estimate of drug-likeness (QED) is 0.166. The average Bonchev–Trinajstić information content (AvgIpc) is 2.80. The molecule has 1 aliphatic rings. The number of terminal acetylenes is 2. The van der Waals surface area contributed by atoms with Gasteiger partial charge >= 0.3 is 12.3 Å². The second-order valence-corrected chi connectivity index (χ2v) is 8.96. The van der Waals surface area contributed by atoms with Gasteiger partial charge in [-0.2, -0.15) is 0 Å². The molecule has 1 rings (SSSR count). The van der Waals surface area contributed by atoms with Crippen LogP contribution >= 0.6 is 90.4 Å². The lowest BCUT2D eigenvalue weighted by molar-refractivity contribution is -0.0384. The molecule has 0 aromatic carbocycles. The van der Waals surface area contributed by atoms with E-state index in [2.05, 4.69) is 107 Å². The summed E-state index contributed by atoms with van der Waals surface area (Å²) in [6, 6.07) is 0. The maximum Gasteiger partial charge on any atom is 0.509 e. The van der Waals surface area contributed by atoms with Gasteiger partial charge in [0.2, 0.25) is 0 Å². The van der Waals surface area contributed by atoms with Crippen LogP contribution in [0, 0.1) is 35.5 Å². The number of rotatable bonds is 8. The van der Waals surface area contributed by atoms with Gasteiger partial charge in [-0.15, -0.1) is 12.8 Å². The van der Waals surface area contributed by atoms with E-state index < -0.39 is 17.7 Å². The smallest absolute Gasteiger partial charge is 0.434 e. The first-order chi connectivity index (χ1) is 14.3. The maximum absolute atomic E-state index is 11.0. The van der Waals surface area contributed by atoms with Crippen LogP contribution in [0.1, 0.15) is 0 Å². The van der Waals surface area contributed by atoms with Crippen molar-refractivity contribution in [3.8, 4) is 24.7 Å². The predicted molar refractivity (Wildman–Crippen MR) is 147 cm³/mol.